The maximum Gasteiger partial charge on any atom is 0.260 e. The van der Waals surface area contributed by atoms with Crippen molar-refractivity contribution < 1.29 is 14.7 Å². The largest absolute Gasteiger partial charge is 0.511 e. The molecule has 1 fully saturated rings. The molecule has 24 heavy (non-hydrogen) atoms. The van der Waals surface area contributed by atoms with Crippen molar-refractivity contribution in [2.75, 3.05) is 0 Å². The van der Waals surface area contributed by atoms with Crippen LogP contribution in [0.25, 0.3) is 0 Å². The second kappa shape index (κ2) is 7.51. The highest BCUT2D eigenvalue weighted by Crippen LogP contribution is 2.21. The Labute approximate surface area is 142 Å². The highest BCUT2D eigenvalue weighted by molar-refractivity contribution is 6.19. The Morgan fingerprint density at radius 3 is 2.54 bits per heavy atom. The van der Waals surface area contributed by atoms with Gasteiger partial charge in [0.15, 0.2) is 0 Å². The molecule has 5 nitrogen and oxygen atoms in total. The van der Waals surface area contributed by atoms with Crippen molar-refractivity contribution in [1.29, 1.82) is 0 Å². The summed E-state index contributed by atoms with van der Waals surface area (Å²) in [6, 6.07) is 9.72. The van der Waals surface area contributed by atoms with E-state index in [1.54, 1.807) is 0 Å². The summed E-state index contributed by atoms with van der Waals surface area (Å²) in [5, 5.41) is 16.0. The van der Waals surface area contributed by atoms with E-state index in [-0.39, 0.29) is 29.8 Å². The molecule has 3 rings (SSSR count). The van der Waals surface area contributed by atoms with Gasteiger partial charge in [0.2, 0.25) is 0 Å². The van der Waals surface area contributed by atoms with E-state index in [1.165, 1.54) is 6.42 Å². The molecule has 1 heterocycles. The zero-order chi connectivity index (χ0) is 16.9. The van der Waals surface area contributed by atoms with E-state index in [9.17, 15) is 14.7 Å². The SMILES string of the molecule is O=C(NC1CCCCC1)C1=C(O)C[C@H](Cc2ccccc2)NC1=O. The molecule has 1 saturated carbocycles. The first-order valence-corrected chi connectivity index (χ1v) is 8.71. The van der Waals surface area contributed by atoms with Gasteiger partial charge in [0.1, 0.15) is 11.3 Å². The third-order valence-electron chi connectivity index (χ3n) is 4.78. The van der Waals surface area contributed by atoms with E-state index < -0.39 is 11.8 Å². The first-order chi connectivity index (χ1) is 11.6. The molecule has 1 atom stereocenters. The minimum absolute atomic E-state index is 0.104. The second-order valence-corrected chi connectivity index (χ2v) is 6.69. The van der Waals surface area contributed by atoms with Crippen LogP contribution in [0.15, 0.2) is 41.7 Å². The van der Waals surface area contributed by atoms with Crippen LogP contribution in [0.5, 0.6) is 0 Å². The number of carbonyl (C=O) groups is 2. The lowest BCUT2D eigenvalue weighted by Gasteiger charge is -2.27. The summed E-state index contributed by atoms with van der Waals surface area (Å²) in [6.07, 6.45) is 6.20. The molecule has 0 saturated heterocycles. The third-order valence-corrected chi connectivity index (χ3v) is 4.78. The number of carbonyl (C=O) groups excluding carboxylic acids is 2. The van der Waals surface area contributed by atoms with Gasteiger partial charge in [0.25, 0.3) is 11.8 Å². The summed E-state index contributed by atoms with van der Waals surface area (Å²) in [7, 11) is 0. The van der Waals surface area contributed by atoms with Gasteiger partial charge in [0, 0.05) is 18.5 Å². The van der Waals surface area contributed by atoms with E-state index in [0.29, 0.717) is 6.42 Å². The van der Waals surface area contributed by atoms with Gasteiger partial charge < -0.3 is 15.7 Å². The minimum atomic E-state index is -0.479. The number of amides is 2. The molecule has 1 aromatic rings. The molecule has 2 amide bonds. The fourth-order valence-corrected chi connectivity index (χ4v) is 3.54. The molecular formula is C19H24N2O3. The lowest BCUT2D eigenvalue weighted by molar-refractivity contribution is -0.125. The molecule has 128 valence electrons. The van der Waals surface area contributed by atoms with Crippen LogP contribution in [0, 0.1) is 0 Å². The highest BCUT2D eigenvalue weighted by atomic mass is 16.3. The summed E-state index contributed by atoms with van der Waals surface area (Å²) in [6.45, 7) is 0. The standard InChI is InChI=1S/C19H24N2O3/c22-16-12-15(11-13-7-3-1-4-8-13)21-19(24)17(16)18(23)20-14-9-5-2-6-10-14/h1,3-4,7-8,14-15,22H,2,5-6,9-12H2,(H,20,23)(H,21,24)/t15-/m0/s1. The van der Waals surface area contributed by atoms with Gasteiger partial charge in [-0.25, -0.2) is 0 Å². The van der Waals surface area contributed by atoms with Gasteiger partial charge in [-0.05, 0) is 24.8 Å². The van der Waals surface area contributed by atoms with Gasteiger partial charge >= 0.3 is 0 Å². The number of benzene rings is 1. The van der Waals surface area contributed by atoms with Crippen LogP contribution >= 0.6 is 0 Å². The molecule has 3 N–H and O–H groups in total. The smallest absolute Gasteiger partial charge is 0.260 e. The third kappa shape index (κ3) is 3.96. The van der Waals surface area contributed by atoms with Crippen LogP contribution in [-0.2, 0) is 16.0 Å². The molecular weight excluding hydrogens is 304 g/mol. The van der Waals surface area contributed by atoms with Gasteiger partial charge in [-0.15, -0.1) is 0 Å². The zero-order valence-corrected chi connectivity index (χ0v) is 13.8. The van der Waals surface area contributed by atoms with E-state index in [1.807, 2.05) is 30.3 Å². The number of aliphatic hydroxyl groups excluding tert-OH is 1. The molecule has 0 radical (unpaired) electrons. The maximum absolute atomic E-state index is 12.4. The van der Waals surface area contributed by atoms with Crippen LogP contribution in [0.2, 0.25) is 0 Å². The van der Waals surface area contributed by atoms with Crippen LogP contribution in [0.3, 0.4) is 0 Å². The summed E-state index contributed by atoms with van der Waals surface area (Å²) in [5.74, 6) is -1.03. The van der Waals surface area contributed by atoms with Crippen LogP contribution in [-0.4, -0.2) is 29.0 Å². The lowest BCUT2D eigenvalue weighted by atomic mass is 9.94. The first-order valence-electron chi connectivity index (χ1n) is 8.71. The lowest BCUT2D eigenvalue weighted by Crippen LogP contribution is -2.47. The Morgan fingerprint density at radius 1 is 1.17 bits per heavy atom. The zero-order valence-electron chi connectivity index (χ0n) is 13.8. The summed E-state index contributed by atoms with van der Waals surface area (Å²) in [5.41, 5.74) is 0.968. The van der Waals surface area contributed by atoms with Gasteiger partial charge in [-0.1, -0.05) is 49.6 Å². The van der Waals surface area contributed by atoms with E-state index in [4.69, 9.17) is 0 Å². The highest BCUT2D eigenvalue weighted by Gasteiger charge is 2.32. The molecule has 1 aliphatic carbocycles. The molecule has 0 spiro atoms. The number of nitrogens with one attached hydrogen (secondary N) is 2. The van der Waals surface area contributed by atoms with E-state index in [0.717, 1.165) is 31.2 Å². The topological polar surface area (TPSA) is 78.4 Å². The summed E-state index contributed by atoms with van der Waals surface area (Å²) in [4.78, 5) is 24.7. The number of rotatable bonds is 4. The van der Waals surface area contributed by atoms with Crippen molar-refractivity contribution in [2.45, 2.75) is 57.0 Å². The predicted molar refractivity (Wildman–Crippen MR) is 91.4 cm³/mol. The van der Waals surface area contributed by atoms with Crippen molar-refractivity contribution in [2.24, 2.45) is 0 Å². The van der Waals surface area contributed by atoms with E-state index in [2.05, 4.69) is 10.6 Å². The summed E-state index contributed by atoms with van der Waals surface area (Å²) < 4.78 is 0. The number of aliphatic hydroxyl groups is 1. The number of hydrogen-bond donors (Lipinski definition) is 3. The maximum atomic E-state index is 12.4. The van der Waals surface area contributed by atoms with Crippen LogP contribution in [0.4, 0.5) is 0 Å². The van der Waals surface area contributed by atoms with Crippen LogP contribution in [0.1, 0.15) is 44.1 Å². The fraction of sp³-hybridized carbons (Fsp3) is 0.474. The van der Waals surface area contributed by atoms with Crippen molar-refractivity contribution in [3.63, 3.8) is 0 Å². The molecule has 1 aliphatic heterocycles. The molecule has 2 aliphatic rings. The Bertz CT molecular complexity index is 633. The Balaban J connectivity index is 1.64. The molecule has 0 unspecified atom stereocenters. The molecule has 1 aromatic carbocycles. The van der Waals surface area contributed by atoms with Crippen molar-refractivity contribution in [1.82, 2.24) is 10.6 Å². The van der Waals surface area contributed by atoms with Crippen molar-refractivity contribution in [3.8, 4) is 0 Å². The first kappa shape index (κ1) is 16.6. The fourth-order valence-electron chi connectivity index (χ4n) is 3.54. The second-order valence-electron chi connectivity index (χ2n) is 6.69. The van der Waals surface area contributed by atoms with E-state index >= 15 is 0 Å². The number of hydrogen-bond acceptors (Lipinski definition) is 3. The summed E-state index contributed by atoms with van der Waals surface area (Å²) >= 11 is 0. The minimum Gasteiger partial charge on any atom is -0.511 e. The van der Waals surface area contributed by atoms with Crippen molar-refractivity contribution >= 4 is 11.8 Å². The average Bonchev–Trinajstić information content (AvgIpc) is 2.56. The molecule has 5 heteroatoms. The predicted octanol–water partition coefficient (Wildman–Crippen LogP) is 2.38. The van der Waals surface area contributed by atoms with Crippen molar-refractivity contribution in [3.05, 3.63) is 47.2 Å². The normalized spacial score (nSPS) is 22.2. The van der Waals surface area contributed by atoms with Crippen LogP contribution < -0.4 is 10.6 Å². The van der Waals surface area contributed by atoms with Gasteiger partial charge in [-0.2, -0.15) is 0 Å². The van der Waals surface area contributed by atoms with Gasteiger partial charge in [0.05, 0.1) is 0 Å². The molecule has 0 bridgehead atoms. The molecule has 0 aromatic heterocycles. The quantitative estimate of drug-likeness (QED) is 0.743. The monoisotopic (exact) mass is 328 g/mol. The van der Waals surface area contributed by atoms with Gasteiger partial charge in [-0.3, -0.25) is 9.59 Å². The Kier molecular flexibility index (Phi) is 5.18. The average molecular weight is 328 g/mol. The Hall–Kier alpha value is -2.30. The Morgan fingerprint density at radius 2 is 1.88 bits per heavy atom.